The van der Waals surface area contributed by atoms with E-state index in [0.29, 0.717) is 5.41 Å². The Morgan fingerprint density at radius 2 is 1.85 bits per heavy atom. The second-order valence-electron chi connectivity index (χ2n) is 5.05. The van der Waals surface area contributed by atoms with Crippen LogP contribution in [0.5, 0.6) is 0 Å². The zero-order chi connectivity index (χ0) is 10.3. The lowest BCUT2D eigenvalue weighted by Gasteiger charge is -2.18. The molecule has 0 amide bonds. The van der Waals surface area contributed by atoms with Crippen LogP contribution in [0.1, 0.15) is 47.0 Å². The molecule has 0 spiro atoms. The molecule has 0 bridgehead atoms. The first-order valence-electron chi connectivity index (χ1n) is 5.30. The average Bonchev–Trinajstić information content (AvgIpc) is 1.93. The second-order valence-corrected chi connectivity index (χ2v) is 5.05. The number of nitrogens with one attached hydrogen (secondary N) is 1. The molecule has 0 saturated carbocycles. The maximum Gasteiger partial charge on any atom is 0.0512 e. The summed E-state index contributed by atoms with van der Waals surface area (Å²) in [5, 5.41) is 12.4. The monoisotopic (exact) mass is 187 g/mol. The molecule has 2 heteroatoms. The van der Waals surface area contributed by atoms with Crippen LogP contribution in [0.2, 0.25) is 0 Å². The van der Waals surface area contributed by atoms with Gasteiger partial charge in [-0.3, -0.25) is 0 Å². The third-order valence-corrected chi connectivity index (χ3v) is 2.03. The molecule has 0 aliphatic rings. The lowest BCUT2D eigenvalue weighted by Crippen LogP contribution is -2.22. The second kappa shape index (κ2) is 6.39. The summed E-state index contributed by atoms with van der Waals surface area (Å²) in [6.45, 7) is 10.7. The summed E-state index contributed by atoms with van der Waals surface area (Å²) >= 11 is 0. The fourth-order valence-electron chi connectivity index (χ4n) is 1.11. The molecule has 0 fully saturated rings. The Hall–Kier alpha value is -0.0800. The summed E-state index contributed by atoms with van der Waals surface area (Å²) in [5.41, 5.74) is 0.428. The molecule has 1 unspecified atom stereocenters. The molecular weight excluding hydrogens is 162 g/mol. The normalized spacial score (nSPS) is 14.5. The van der Waals surface area contributed by atoms with Gasteiger partial charge in [-0.25, -0.2) is 0 Å². The molecule has 13 heavy (non-hydrogen) atoms. The van der Waals surface area contributed by atoms with Gasteiger partial charge in [-0.2, -0.15) is 0 Å². The molecule has 80 valence electrons. The van der Waals surface area contributed by atoms with E-state index in [4.69, 9.17) is 5.11 Å². The van der Waals surface area contributed by atoms with E-state index >= 15 is 0 Å². The summed E-state index contributed by atoms with van der Waals surface area (Å²) < 4.78 is 0. The molecular formula is C11H25NO. The highest BCUT2D eigenvalue weighted by atomic mass is 16.3. The first-order valence-corrected chi connectivity index (χ1v) is 5.30. The minimum atomic E-state index is -0.149. The summed E-state index contributed by atoms with van der Waals surface area (Å²) in [4.78, 5) is 0. The molecule has 0 radical (unpaired) electrons. The van der Waals surface area contributed by atoms with E-state index in [1.807, 2.05) is 6.92 Å². The van der Waals surface area contributed by atoms with Crippen molar-refractivity contribution in [3.8, 4) is 0 Å². The molecule has 0 aromatic heterocycles. The van der Waals surface area contributed by atoms with Crippen molar-refractivity contribution in [2.24, 2.45) is 5.41 Å². The fraction of sp³-hybridized carbons (Fsp3) is 1.00. The van der Waals surface area contributed by atoms with Crippen LogP contribution >= 0.6 is 0 Å². The van der Waals surface area contributed by atoms with Crippen molar-refractivity contribution >= 4 is 0 Å². The van der Waals surface area contributed by atoms with Crippen LogP contribution in [-0.2, 0) is 0 Å². The smallest absolute Gasteiger partial charge is 0.0512 e. The first-order chi connectivity index (χ1) is 5.92. The van der Waals surface area contributed by atoms with Gasteiger partial charge in [-0.15, -0.1) is 0 Å². The van der Waals surface area contributed by atoms with Crippen molar-refractivity contribution in [1.29, 1.82) is 0 Å². The lowest BCUT2D eigenvalue weighted by molar-refractivity contribution is 0.181. The average molecular weight is 187 g/mol. The third kappa shape index (κ3) is 11.9. The van der Waals surface area contributed by atoms with Gasteiger partial charge in [0.2, 0.25) is 0 Å². The Kier molecular flexibility index (Phi) is 6.35. The van der Waals surface area contributed by atoms with Gasteiger partial charge in [0.25, 0.3) is 0 Å². The van der Waals surface area contributed by atoms with E-state index in [0.717, 1.165) is 25.9 Å². The highest BCUT2D eigenvalue weighted by Gasteiger charge is 2.08. The minimum absolute atomic E-state index is 0.149. The van der Waals surface area contributed by atoms with Crippen molar-refractivity contribution in [1.82, 2.24) is 5.32 Å². The zero-order valence-corrected chi connectivity index (χ0v) is 9.56. The molecule has 2 nitrogen and oxygen atoms in total. The Labute approximate surface area is 82.7 Å². The molecule has 2 N–H and O–H groups in total. The van der Waals surface area contributed by atoms with E-state index < -0.39 is 0 Å². The first kappa shape index (κ1) is 12.9. The molecule has 0 aromatic rings. The van der Waals surface area contributed by atoms with Gasteiger partial charge in [-0.05, 0) is 44.7 Å². The molecule has 0 saturated heterocycles. The van der Waals surface area contributed by atoms with Gasteiger partial charge in [-0.1, -0.05) is 20.8 Å². The molecule has 0 rings (SSSR count). The maximum absolute atomic E-state index is 9.01. The summed E-state index contributed by atoms with van der Waals surface area (Å²) in [6, 6.07) is 0. The Morgan fingerprint density at radius 3 is 2.31 bits per heavy atom. The van der Waals surface area contributed by atoms with Gasteiger partial charge >= 0.3 is 0 Å². The van der Waals surface area contributed by atoms with Crippen LogP contribution in [0.3, 0.4) is 0 Å². The highest BCUT2D eigenvalue weighted by Crippen LogP contribution is 2.16. The maximum atomic E-state index is 9.01. The lowest BCUT2D eigenvalue weighted by atomic mass is 9.92. The molecule has 0 aliphatic carbocycles. The van der Waals surface area contributed by atoms with Crippen molar-refractivity contribution in [2.45, 2.75) is 53.1 Å². The number of aliphatic hydroxyl groups is 1. The van der Waals surface area contributed by atoms with Crippen molar-refractivity contribution < 1.29 is 5.11 Å². The van der Waals surface area contributed by atoms with Crippen LogP contribution < -0.4 is 5.32 Å². The summed E-state index contributed by atoms with van der Waals surface area (Å²) in [6.07, 6.45) is 3.04. The number of hydrogen-bond acceptors (Lipinski definition) is 2. The van der Waals surface area contributed by atoms with Gasteiger partial charge in [0.1, 0.15) is 0 Å². The van der Waals surface area contributed by atoms with E-state index in [-0.39, 0.29) is 6.10 Å². The predicted octanol–water partition coefficient (Wildman–Crippen LogP) is 2.17. The number of aliphatic hydroxyl groups excluding tert-OH is 1. The topological polar surface area (TPSA) is 32.3 Å². The van der Waals surface area contributed by atoms with E-state index in [1.165, 1.54) is 6.42 Å². The standard InChI is InChI=1S/C11H25NO/c1-10(13)6-5-8-12-9-7-11(2,3)4/h10,12-13H,5-9H2,1-4H3. The van der Waals surface area contributed by atoms with Crippen LogP contribution in [0.4, 0.5) is 0 Å². The van der Waals surface area contributed by atoms with Crippen LogP contribution in [0.25, 0.3) is 0 Å². The van der Waals surface area contributed by atoms with Crippen LogP contribution in [-0.4, -0.2) is 24.3 Å². The van der Waals surface area contributed by atoms with Gasteiger partial charge in [0.15, 0.2) is 0 Å². The Morgan fingerprint density at radius 1 is 1.23 bits per heavy atom. The molecule has 0 aromatic carbocycles. The van der Waals surface area contributed by atoms with Crippen LogP contribution in [0, 0.1) is 5.41 Å². The van der Waals surface area contributed by atoms with Crippen molar-refractivity contribution in [3.05, 3.63) is 0 Å². The molecule has 0 aliphatic heterocycles. The fourth-order valence-corrected chi connectivity index (χ4v) is 1.11. The third-order valence-electron chi connectivity index (χ3n) is 2.03. The van der Waals surface area contributed by atoms with Gasteiger partial charge < -0.3 is 10.4 Å². The summed E-state index contributed by atoms with van der Waals surface area (Å²) in [5.74, 6) is 0. The molecule has 0 heterocycles. The van der Waals surface area contributed by atoms with Crippen molar-refractivity contribution in [3.63, 3.8) is 0 Å². The quantitative estimate of drug-likeness (QED) is 0.625. The largest absolute Gasteiger partial charge is 0.393 e. The predicted molar refractivity (Wildman–Crippen MR) is 57.9 cm³/mol. The Balaban J connectivity index is 3.09. The zero-order valence-electron chi connectivity index (χ0n) is 9.56. The number of hydrogen-bond donors (Lipinski definition) is 2. The van der Waals surface area contributed by atoms with Gasteiger partial charge in [0.05, 0.1) is 6.10 Å². The van der Waals surface area contributed by atoms with Crippen molar-refractivity contribution in [2.75, 3.05) is 13.1 Å². The van der Waals surface area contributed by atoms with Gasteiger partial charge in [0, 0.05) is 0 Å². The SMILES string of the molecule is CC(O)CCCNCCC(C)(C)C. The Bertz CT molecular complexity index is 116. The van der Waals surface area contributed by atoms with Crippen LogP contribution in [0.15, 0.2) is 0 Å². The van der Waals surface area contributed by atoms with E-state index in [1.54, 1.807) is 0 Å². The minimum Gasteiger partial charge on any atom is -0.393 e. The van der Waals surface area contributed by atoms with E-state index in [9.17, 15) is 0 Å². The molecule has 1 atom stereocenters. The highest BCUT2D eigenvalue weighted by molar-refractivity contribution is 4.63. The van der Waals surface area contributed by atoms with E-state index in [2.05, 4.69) is 26.1 Å². The number of rotatable bonds is 6. The summed E-state index contributed by atoms with van der Waals surface area (Å²) in [7, 11) is 0.